The predicted octanol–water partition coefficient (Wildman–Crippen LogP) is 5.12. The smallest absolute Gasteiger partial charge is 0.251 e. The lowest BCUT2D eigenvalue weighted by molar-refractivity contribution is 0.0944. The van der Waals surface area contributed by atoms with Gasteiger partial charge in [0.2, 0.25) is 0 Å². The second kappa shape index (κ2) is 31.1. The van der Waals surface area contributed by atoms with Gasteiger partial charge in [-0.1, -0.05) is 54.6 Å². The lowest BCUT2D eigenvalue weighted by Gasteiger charge is -2.14. The van der Waals surface area contributed by atoms with Crippen LogP contribution in [0.2, 0.25) is 0 Å². The molecule has 0 spiro atoms. The number of amides is 3. The Morgan fingerprint density at radius 3 is 0.803 bits per heavy atom. The molecule has 0 atom stereocenters. The van der Waals surface area contributed by atoms with Crippen LogP contribution in [0.1, 0.15) is 139 Å². The molecule has 360 valence electrons. The van der Waals surface area contributed by atoms with E-state index in [0.29, 0.717) is 58.9 Å². The van der Waals surface area contributed by atoms with E-state index in [0.717, 1.165) is 166 Å². The molecule has 0 unspecified atom stereocenters. The van der Waals surface area contributed by atoms with Crippen molar-refractivity contribution in [1.29, 1.82) is 0 Å². The first-order valence-corrected chi connectivity index (χ1v) is 24.8. The van der Waals surface area contributed by atoms with E-state index < -0.39 is 0 Å². The van der Waals surface area contributed by atoms with Crippen molar-refractivity contribution in [3.63, 3.8) is 0 Å². The van der Waals surface area contributed by atoms with Crippen molar-refractivity contribution in [2.24, 2.45) is 34.4 Å². The zero-order valence-corrected chi connectivity index (χ0v) is 39.7. The van der Waals surface area contributed by atoms with Crippen LogP contribution in [0, 0.1) is 0 Å². The third-order valence-corrected chi connectivity index (χ3v) is 12.1. The highest BCUT2D eigenvalue weighted by Gasteiger charge is 2.16. The first-order chi connectivity index (χ1) is 32.2. The Hall–Kier alpha value is -4.95. The summed E-state index contributed by atoms with van der Waals surface area (Å²) in [7, 11) is 0. The zero-order valence-electron chi connectivity index (χ0n) is 39.7. The van der Waals surface area contributed by atoms with Gasteiger partial charge in [0.25, 0.3) is 17.7 Å². The number of nitrogens with two attached hydrogens (primary N) is 6. The van der Waals surface area contributed by atoms with E-state index in [1.54, 1.807) is 0 Å². The summed E-state index contributed by atoms with van der Waals surface area (Å²) in [6, 6.07) is 25.3. The summed E-state index contributed by atoms with van der Waals surface area (Å²) in [5.74, 6) is -0.173. The Balaban J connectivity index is 1.43. The molecule has 15 N–H and O–H groups in total. The average Bonchev–Trinajstić information content (AvgIpc) is 3.34. The molecule has 0 saturated carbocycles. The van der Waals surface area contributed by atoms with Gasteiger partial charge in [-0.3, -0.25) is 14.4 Å². The molecular formula is C54H81N9O3. The van der Waals surface area contributed by atoms with Gasteiger partial charge in [-0.05, 0) is 223 Å². The molecule has 0 aliphatic heterocycles. The van der Waals surface area contributed by atoms with Gasteiger partial charge in [0, 0.05) is 36.3 Å². The van der Waals surface area contributed by atoms with Crippen LogP contribution in [-0.4, -0.2) is 76.6 Å². The summed E-state index contributed by atoms with van der Waals surface area (Å²) in [6.07, 6.45) is 14.6. The van der Waals surface area contributed by atoms with E-state index in [1.807, 2.05) is 18.2 Å². The minimum absolute atomic E-state index is 0.0577. The SMILES string of the molecule is NCCCc1ccc(CCCN)c(C(=O)NCCCc2cc(CCCNC(=O)c3cc(CCCN)ccc3CCCN)cc(CCCNC(=O)c3cc(CCCN)ccc3CCCN)c2)c1. The summed E-state index contributed by atoms with van der Waals surface area (Å²) in [4.78, 5) is 40.6. The van der Waals surface area contributed by atoms with Gasteiger partial charge in [0.1, 0.15) is 0 Å². The average molecular weight is 904 g/mol. The summed E-state index contributed by atoms with van der Waals surface area (Å²) >= 11 is 0. The Bertz CT molecular complexity index is 1840. The number of rotatable bonds is 33. The molecule has 4 aromatic carbocycles. The van der Waals surface area contributed by atoms with E-state index in [2.05, 4.69) is 70.5 Å². The van der Waals surface area contributed by atoms with Crippen LogP contribution in [0.3, 0.4) is 0 Å². The molecule has 4 aromatic rings. The van der Waals surface area contributed by atoms with Crippen molar-refractivity contribution >= 4 is 17.7 Å². The van der Waals surface area contributed by atoms with E-state index in [1.165, 1.54) is 16.7 Å². The van der Waals surface area contributed by atoms with Crippen molar-refractivity contribution in [3.05, 3.63) is 140 Å². The highest BCUT2D eigenvalue weighted by atomic mass is 16.2. The highest BCUT2D eigenvalue weighted by molar-refractivity contribution is 5.97. The lowest BCUT2D eigenvalue weighted by atomic mass is 9.96. The van der Waals surface area contributed by atoms with Crippen LogP contribution in [0.4, 0.5) is 0 Å². The first-order valence-electron chi connectivity index (χ1n) is 24.8. The fourth-order valence-corrected chi connectivity index (χ4v) is 8.46. The van der Waals surface area contributed by atoms with Crippen molar-refractivity contribution in [2.45, 2.75) is 116 Å². The predicted molar refractivity (Wildman–Crippen MR) is 272 cm³/mol. The normalized spacial score (nSPS) is 11.2. The lowest BCUT2D eigenvalue weighted by Crippen LogP contribution is -2.26. The highest BCUT2D eigenvalue weighted by Crippen LogP contribution is 2.20. The number of hydrogen-bond donors (Lipinski definition) is 9. The summed E-state index contributed by atoms with van der Waals surface area (Å²) in [5, 5.41) is 9.57. The maximum Gasteiger partial charge on any atom is 0.251 e. The molecule has 12 nitrogen and oxygen atoms in total. The molecule has 3 amide bonds. The van der Waals surface area contributed by atoms with E-state index in [-0.39, 0.29) is 17.7 Å². The Labute approximate surface area is 395 Å². The number of nitrogens with one attached hydrogen (secondary N) is 3. The van der Waals surface area contributed by atoms with Crippen LogP contribution in [0.25, 0.3) is 0 Å². The van der Waals surface area contributed by atoms with E-state index in [9.17, 15) is 14.4 Å². The summed E-state index contributed by atoms with van der Waals surface area (Å²) in [5.41, 5.74) is 46.9. The van der Waals surface area contributed by atoms with Gasteiger partial charge < -0.3 is 50.4 Å². The molecule has 0 aromatic heterocycles. The van der Waals surface area contributed by atoms with Gasteiger partial charge in [-0.25, -0.2) is 0 Å². The third-order valence-electron chi connectivity index (χ3n) is 12.1. The monoisotopic (exact) mass is 904 g/mol. The third kappa shape index (κ3) is 18.7. The topological polar surface area (TPSA) is 243 Å². The Morgan fingerprint density at radius 1 is 0.303 bits per heavy atom. The molecule has 4 rings (SSSR count). The number of aryl methyl sites for hydroxylation is 9. The van der Waals surface area contributed by atoms with Crippen LogP contribution in [-0.2, 0) is 57.8 Å². The quantitative estimate of drug-likeness (QED) is 0.0288. The second-order valence-electron chi connectivity index (χ2n) is 17.6. The van der Waals surface area contributed by atoms with Crippen molar-refractivity contribution in [1.82, 2.24) is 16.0 Å². The van der Waals surface area contributed by atoms with Gasteiger partial charge in [0.05, 0.1) is 0 Å². The van der Waals surface area contributed by atoms with Gasteiger partial charge in [-0.2, -0.15) is 0 Å². The Morgan fingerprint density at radius 2 is 0.545 bits per heavy atom. The van der Waals surface area contributed by atoms with Gasteiger partial charge in [0.15, 0.2) is 0 Å². The molecule has 0 radical (unpaired) electrons. The second-order valence-corrected chi connectivity index (χ2v) is 17.6. The van der Waals surface area contributed by atoms with Crippen LogP contribution in [0.5, 0.6) is 0 Å². The van der Waals surface area contributed by atoms with E-state index >= 15 is 0 Å². The number of hydrogen-bond acceptors (Lipinski definition) is 9. The maximum atomic E-state index is 13.5. The fraction of sp³-hybridized carbons (Fsp3) is 0.500. The van der Waals surface area contributed by atoms with Crippen molar-refractivity contribution < 1.29 is 14.4 Å². The van der Waals surface area contributed by atoms with Gasteiger partial charge >= 0.3 is 0 Å². The minimum atomic E-state index is -0.0577. The van der Waals surface area contributed by atoms with Crippen LogP contribution < -0.4 is 50.4 Å². The van der Waals surface area contributed by atoms with Crippen molar-refractivity contribution in [2.75, 3.05) is 58.9 Å². The molecule has 12 heteroatoms. The fourth-order valence-electron chi connectivity index (χ4n) is 8.46. The minimum Gasteiger partial charge on any atom is -0.352 e. The zero-order chi connectivity index (χ0) is 47.4. The number of carbonyl (C=O) groups is 3. The van der Waals surface area contributed by atoms with Crippen LogP contribution >= 0.6 is 0 Å². The number of carbonyl (C=O) groups excluding carboxylic acids is 3. The maximum absolute atomic E-state index is 13.5. The largest absolute Gasteiger partial charge is 0.352 e. The molecular weight excluding hydrogens is 823 g/mol. The molecule has 66 heavy (non-hydrogen) atoms. The summed E-state index contributed by atoms with van der Waals surface area (Å²) < 4.78 is 0. The van der Waals surface area contributed by atoms with E-state index in [4.69, 9.17) is 34.4 Å². The molecule has 0 aliphatic carbocycles. The standard InChI is InChI=1S/C54H81N9O3/c55-25-1-10-40-19-22-46(16-4-28-58)49(37-40)52(64)61-31-7-13-43-34-44(14-8-32-62-53(65)50-38-41(11-2-26-56)20-23-47(50)17-5-29-59)36-45(35-43)15-9-33-63-54(66)51-39-42(12-3-27-57)21-24-48(51)18-6-30-60/h19-24,34-39H,1-18,25-33,55-60H2,(H,61,64)(H,62,65)(H,63,66). The van der Waals surface area contributed by atoms with Gasteiger partial charge in [-0.15, -0.1) is 0 Å². The first kappa shape index (κ1) is 53.7. The molecule has 0 aliphatic rings. The summed E-state index contributed by atoms with van der Waals surface area (Å²) in [6.45, 7) is 5.17. The number of benzene rings is 4. The van der Waals surface area contributed by atoms with Crippen LogP contribution in [0.15, 0.2) is 72.8 Å². The molecule has 0 bridgehead atoms. The molecule has 0 fully saturated rings. The molecule has 0 heterocycles. The molecule has 0 saturated heterocycles. The Kier molecular flexibility index (Phi) is 25.3. The van der Waals surface area contributed by atoms with Crippen molar-refractivity contribution in [3.8, 4) is 0 Å².